The maximum Gasteiger partial charge on any atom is 0.105 e. The first kappa shape index (κ1) is 22.4. The molecule has 0 aromatic rings. The third-order valence-corrected chi connectivity index (χ3v) is 10.9. The van der Waals surface area contributed by atoms with Crippen LogP contribution in [0.25, 0.3) is 0 Å². The van der Waals surface area contributed by atoms with E-state index in [1.54, 1.807) is 0 Å². The van der Waals surface area contributed by atoms with Crippen molar-refractivity contribution in [3.63, 3.8) is 0 Å². The topological polar surface area (TPSA) is 9.23 Å². The van der Waals surface area contributed by atoms with Gasteiger partial charge >= 0.3 is 0 Å². The van der Waals surface area contributed by atoms with Crippen molar-refractivity contribution in [2.45, 2.75) is 122 Å². The van der Waals surface area contributed by atoms with Gasteiger partial charge in [0.15, 0.2) is 0 Å². The molecule has 0 aromatic heterocycles. The molecule has 0 unspecified atom stereocenters. The number of halogens is 1. The van der Waals surface area contributed by atoms with E-state index in [4.69, 9.17) is 4.74 Å². The smallest absolute Gasteiger partial charge is 0.105 e. The van der Waals surface area contributed by atoms with E-state index < -0.39 is 0 Å². The largest absolute Gasteiger partial charge is 0.371 e. The number of rotatable bonds is 5. The van der Waals surface area contributed by atoms with Gasteiger partial charge < -0.3 is 4.74 Å². The van der Waals surface area contributed by atoms with Gasteiger partial charge in [-0.3, -0.25) is 0 Å². The van der Waals surface area contributed by atoms with Gasteiger partial charge in [-0.15, -0.1) is 0 Å². The molecule has 6 rings (SSSR count). The van der Waals surface area contributed by atoms with Gasteiger partial charge in [0, 0.05) is 5.41 Å². The van der Waals surface area contributed by atoms with Crippen LogP contribution in [0.15, 0.2) is 11.9 Å². The van der Waals surface area contributed by atoms with E-state index >= 15 is 4.39 Å². The zero-order valence-electron chi connectivity index (χ0n) is 20.3. The van der Waals surface area contributed by atoms with Crippen molar-refractivity contribution in [1.82, 2.24) is 0 Å². The minimum atomic E-state index is -0.273. The van der Waals surface area contributed by atoms with Gasteiger partial charge in [0.1, 0.15) is 5.83 Å². The highest BCUT2D eigenvalue weighted by atomic mass is 19.1. The molecule has 0 aliphatic heterocycles. The Hall–Kier alpha value is -0.370. The normalized spacial score (nSPS) is 48.4. The van der Waals surface area contributed by atoms with Crippen LogP contribution in [-0.4, -0.2) is 12.2 Å². The van der Waals surface area contributed by atoms with Crippen LogP contribution >= 0.6 is 0 Å². The summed E-state index contributed by atoms with van der Waals surface area (Å²) in [5, 5.41) is 0. The molecule has 1 nitrogen and oxygen atoms in total. The lowest BCUT2D eigenvalue weighted by Gasteiger charge is -2.54. The minimum Gasteiger partial charge on any atom is -0.371 e. The summed E-state index contributed by atoms with van der Waals surface area (Å²) in [6, 6.07) is 0. The summed E-state index contributed by atoms with van der Waals surface area (Å²) >= 11 is 0. The first-order valence-corrected chi connectivity index (χ1v) is 14.0. The van der Waals surface area contributed by atoms with E-state index in [0.717, 1.165) is 56.0 Å². The fourth-order valence-corrected chi connectivity index (χ4v) is 8.35. The minimum absolute atomic E-state index is 0.128. The van der Waals surface area contributed by atoms with Crippen LogP contribution in [0.4, 0.5) is 4.39 Å². The van der Waals surface area contributed by atoms with Crippen molar-refractivity contribution in [3.05, 3.63) is 11.9 Å². The summed E-state index contributed by atoms with van der Waals surface area (Å²) in [5.74, 6) is 5.23. The highest BCUT2D eigenvalue weighted by molar-refractivity contribution is 5.25. The summed E-state index contributed by atoms with van der Waals surface area (Å²) in [6.07, 6.45) is 22.5. The molecule has 4 saturated carbocycles. The van der Waals surface area contributed by atoms with Crippen molar-refractivity contribution in [2.75, 3.05) is 6.61 Å². The van der Waals surface area contributed by atoms with Gasteiger partial charge in [-0.05, 0) is 119 Å². The highest BCUT2D eigenvalue weighted by Crippen LogP contribution is 2.61. The third-order valence-electron chi connectivity index (χ3n) is 10.9. The molecule has 0 N–H and O–H groups in total. The van der Waals surface area contributed by atoms with Crippen molar-refractivity contribution >= 4 is 0 Å². The van der Waals surface area contributed by atoms with E-state index in [2.05, 4.69) is 13.8 Å². The van der Waals surface area contributed by atoms with Crippen LogP contribution in [0, 0.1) is 40.9 Å². The molecule has 6 aliphatic carbocycles. The maximum absolute atomic E-state index is 15.7. The Kier molecular flexibility index (Phi) is 6.59. The van der Waals surface area contributed by atoms with Crippen molar-refractivity contribution in [3.8, 4) is 0 Å². The predicted octanol–water partition coefficient (Wildman–Crippen LogP) is 8.63. The summed E-state index contributed by atoms with van der Waals surface area (Å²) < 4.78 is 22.2. The Balaban J connectivity index is 1.16. The lowest BCUT2D eigenvalue weighted by atomic mass is 9.53. The second-order valence-corrected chi connectivity index (χ2v) is 12.8. The van der Waals surface area contributed by atoms with Crippen molar-refractivity contribution in [1.29, 1.82) is 0 Å². The van der Waals surface area contributed by atoms with Crippen molar-refractivity contribution in [2.24, 2.45) is 40.9 Å². The number of fused-ring (bicyclic) bond motifs is 2. The molecule has 0 aromatic carbocycles. The molecule has 0 atom stereocenters. The van der Waals surface area contributed by atoms with Gasteiger partial charge in [-0.2, -0.15) is 0 Å². The lowest BCUT2D eigenvalue weighted by Crippen LogP contribution is -2.50. The van der Waals surface area contributed by atoms with Gasteiger partial charge in [0.2, 0.25) is 0 Å². The van der Waals surface area contributed by atoms with E-state index in [-0.39, 0.29) is 16.8 Å². The first-order chi connectivity index (χ1) is 15.0. The van der Waals surface area contributed by atoms with Crippen LogP contribution in [0.5, 0.6) is 0 Å². The van der Waals surface area contributed by atoms with Gasteiger partial charge in [-0.25, -0.2) is 4.39 Å². The molecular formula is C29H47FO. The van der Waals surface area contributed by atoms with Gasteiger partial charge in [-0.1, -0.05) is 39.5 Å². The third kappa shape index (κ3) is 4.53. The zero-order chi connectivity index (χ0) is 21.5. The van der Waals surface area contributed by atoms with Crippen LogP contribution in [-0.2, 0) is 4.74 Å². The van der Waals surface area contributed by atoms with E-state index in [1.807, 2.05) is 6.08 Å². The molecule has 2 heteroatoms. The Morgan fingerprint density at radius 2 is 1.26 bits per heavy atom. The molecule has 0 heterocycles. The zero-order valence-corrected chi connectivity index (χ0v) is 20.3. The van der Waals surface area contributed by atoms with Crippen LogP contribution in [0.3, 0.4) is 0 Å². The molecule has 0 amide bonds. The van der Waals surface area contributed by atoms with E-state index in [0.29, 0.717) is 11.8 Å². The second-order valence-electron chi connectivity index (χ2n) is 12.8. The fourth-order valence-electron chi connectivity index (χ4n) is 8.35. The number of hydrogen-bond acceptors (Lipinski definition) is 1. The SMILES string of the molecule is CC1CCC(COC23C=C(F)C(C4CCC(C5CCC(C)CC5)CC4)(CC2)CC3)CC1. The number of ether oxygens (including phenoxy) is 1. The molecule has 0 saturated heterocycles. The van der Waals surface area contributed by atoms with E-state index in [1.165, 1.54) is 77.0 Å². The second kappa shape index (κ2) is 9.11. The number of allylic oxidation sites excluding steroid dienone is 1. The maximum atomic E-state index is 15.7. The summed E-state index contributed by atoms with van der Waals surface area (Å²) in [7, 11) is 0. The molecular weight excluding hydrogens is 383 g/mol. The lowest BCUT2D eigenvalue weighted by molar-refractivity contribution is -0.104. The highest BCUT2D eigenvalue weighted by Gasteiger charge is 2.54. The summed E-state index contributed by atoms with van der Waals surface area (Å²) in [5.41, 5.74) is -0.400. The Morgan fingerprint density at radius 1 is 0.742 bits per heavy atom. The molecule has 4 fully saturated rings. The van der Waals surface area contributed by atoms with Crippen LogP contribution in [0.1, 0.15) is 117 Å². The molecule has 0 spiro atoms. The quantitative estimate of drug-likeness (QED) is 0.424. The molecule has 176 valence electrons. The van der Waals surface area contributed by atoms with E-state index in [9.17, 15) is 0 Å². The standard InChI is InChI=1S/C29H47FO/c1-21-3-7-23(8-4-21)20-31-28-15-17-29(18-16-28,27(30)19-28)26-13-11-25(12-14-26)24-9-5-22(2)6-10-24/h19,21-26H,3-18,20H2,1-2H3. The van der Waals surface area contributed by atoms with Crippen LogP contribution < -0.4 is 0 Å². The molecule has 0 radical (unpaired) electrons. The molecule has 6 aliphatic rings. The van der Waals surface area contributed by atoms with Gasteiger partial charge in [0.05, 0.1) is 12.2 Å². The van der Waals surface area contributed by atoms with Gasteiger partial charge in [0.25, 0.3) is 0 Å². The van der Waals surface area contributed by atoms with Crippen molar-refractivity contribution < 1.29 is 9.13 Å². The average Bonchev–Trinajstić information content (AvgIpc) is 2.80. The van der Waals surface area contributed by atoms with Crippen LogP contribution in [0.2, 0.25) is 0 Å². The Bertz CT molecular complexity index is 621. The Morgan fingerprint density at radius 3 is 1.81 bits per heavy atom. The average molecular weight is 431 g/mol. The number of hydrogen-bond donors (Lipinski definition) is 0. The first-order valence-electron chi connectivity index (χ1n) is 14.0. The predicted molar refractivity (Wildman–Crippen MR) is 126 cm³/mol. The summed E-state index contributed by atoms with van der Waals surface area (Å²) in [6.45, 7) is 5.65. The molecule has 31 heavy (non-hydrogen) atoms. The Labute approximate surface area is 191 Å². The summed E-state index contributed by atoms with van der Waals surface area (Å²) in [4.78, 5) is 0. The monoisotopic (exact) mass is 430 g/mol. The fraction of sp³-hybridized carbons (Fsp3) is 0.931. The molecule has 2 bridgehead atoms.